The van der Waals surface area contributed by atoms with E-state index in [0.717, 1.165) is 31.6 Å². The molecule has 1 heterocycles. The number of hydrogen-bond acceptors (Lipinski definition) is 2. The van der Waals surface area contributed by atoms with Crippen LogP contribution in [-0.4, -0.2) is 18.1 Å². The normalized spacial score (nSPS) is 10.9. The van der Waals surface area contributed by atoms with Crippen molar-refractivity contribution in [2.45, 2.75) is 40.0 Å². The number of nitrogens with zero attached hydrogens (tertiary/aromatic N) is 1. The number of pyridine rings is 1. The predicted molar refractivity (Wildman–Crippen MR) is 78.6 cm³/mol. The molecule has 0 aliphatic rings. The average molecular weight is 271 g/mol. The number of rotatable bonds is 7. The van der Waals surface area contributed by atoms with Gasteiger partial charge in [-0.1, -0.05) is 32.4 Å². The van der Waals surface area contributed by atoms with Crippen molar-refractivity contribution in [3.63, 3.8) is 0 Å². The van der Waals surface area contributed by atoms with E-state index in [1.54, 1.807) is 12.3 Å². The summed E-state index contributed by atoms with van der Waals surface area (Å²) in [5, 5.41) is 0.618. The summed E-state index contributed by atoms with van der Waals surface area (Å²) in [6.45, 7) is 8.47. The molecule has 1 aromatic heterocycles. The van der Waals surface area contributed by atoms with E-state index >= 15 is 0 Å². The fourth-order valence-corrected chi connectivity index (χ4v) is 2.23. The summed E-state index contributed by atoms with van der Waals surface area (Å²) in [7, 11) is 0. The Morgan fingerprint density at radius 3 is 2.72 bits per heavy atom. The summed E-state index contributed by atoms with van der Waals surface area (Å²) in [4.78, 5) is 16.2. The van der Waals surface area contributed by atoms with Crippen LogP contribution in [0.2, 0.25) is 5.02 Å². The molecule has 1 N–H and O–H groups in total. The Bertz CT molecular complexity index is 415. The maximum atomic E-state index is 11.4. The molecule has 0 saturated carbocycles. The van der Waals surface area contributed by atoms with Crippen molar-refractivity contribution in [3.05, 3.63) is 27.6 Å². The van der Waals surface area contributed by atoms with E-state index in [2.05, 4.69) is 30.7 Å². The molecule has 0 spiro atoms. The fourth-order valence-electron chi connectivity index (χ4n) is 2.00. The minimum atomic E-state index is -0.0978. The number of anilines is 1. The number of hydrogen-bond donors (Lipinski definition) is 1. The molecule has 0 fully saturated rings. The predicted octanol–water partition coefficient (Wildman–Crippen LogP) is 3.68. The van der Waals surface area contributed by atoms with Gasteiger partial charge in [-0.15, -0.1) is 0 Å². The van der Waals surface area contributed by atoms with Crippen molar-refractivity contribution >= 4 is 17.3 Å². The number of H-pyrrole nitrogens is 1. The average Bonchev–Trinajstić information content (AvgIpc) is 2.31. The molecule has 102 valence electrons. The van der Waals surface area contributed by atoms with Gasteiger partial charge in [-0.3, -0.25) is 4.79 Å². The van der Waals surface area contributed by atoms with Crippen LogP contribution in [0.25, 0.3) is 0 Å². The maximum absolute atomic E-state index is 11.4. The largest absolute Gasteiger partial charge is 0.370 e. The monoisotopic (exact) mass is 270 g/mol. The molecule has 0 aliphatic heterocycles. The van der Waals surface area contributed by atoms with Gasteiger partial charge in [0.1, 0.15) is 0 Å². The van der Waals surface area contributed by atoms with E-state index in [1.165, 1.54) is 6.42 Å². The van der Waals surface area contributed by atoms with Gasteiger partial charge < -0.3 is 9.88 Å². The summed E-state index contributed by atoms with van der Waals surface area (Å²) < 4.78 is 0. The molecule has 18 heavy (non-hydrogen) atoms. The molecule has 4 heteroatoms. The van der Waals surface area contributed by atoms with Gasteiger partial charge in [-0.05, 0) is 25.2 Å². The highest BCUT2D eigenvalue weighted by atomic mass is 35.5. The Balaban J connectivity index is 2.76. The second kappa shape index (κ2) is 7.47. The van der Waals surface area contributed by atoms with Gasteiger partial charge in [0.15, 0.2) is 0 Å². The third kappa shape index (κ3) is 4.73. The van der Waals surface area contributed by atoms with Crippen molar-refractivity contribution in [2.75, 3.05) is 18.0 Å². The van der Waals surface area contributed by atoms with Gasteiger partial charge in [0.2, 0.25) is 5.56 Å². The molecule has 0 amide bonds. The van der Waals surface area contributed by atoms with E-state index in [1.807, 2.05) is 0 Å². The lowest BCUT2D eigenvalue weighted by molar-refractivity contribution is 0.548. The second-order valence-corrected chi connectivity index (χ2v) is 5.46. The van der Waals surface area contributed by atoms with Crippen LogP contribution in [0.3, 0.4) is 0 Å². The molecular weight excluding hydrogens is 248 g/mol. The molecule has 0 aromatic carbocycles. The molecule has 1 aromatic rings. The van der Waals surface area contributed by atoms with E-state index in [0.29, 0.717) is 10.9 Å². The molecular formula is C14H23ClN2O. The first-order valence-electron chi connectivity index (χ1n) is 6.67. The lowest BCUT2D eigenvalue weighted by Crippen LogP contribution is -2.27. The van der Waals surface area contributed by atoms with Crippen LogP contribution in [0.15, 0.2) is 17.1 Å². The zero-order valence-electron chi connectivity index (χ0n) is 11.5. The molecule has 0 atom stereocenters. The zero-order chi connectivity index (χ0) is 13.5. The highest BCUT2D eigenvalue weighted by Crippen LogP contribution is 2.23. The number of nitrogens with one attached hydrogen (secondary N) is 1. The van der Waals surface area contributed by atoms with Crippen LogP contribution < -0.4 is 10.5 Å². The molecule has 0 bridgehead atoms. The Kier molecular flexibility index (Phi) is 6.27. The number of halogens is 1. The zero-order valence-corrected chi connectivity index (χ0v) is 12.3. The maximum Gasteiger partial charge on any atom is 0.250 e. The highest BCUT2D eigenvalue weighted by molar-refractivity contribution is 6.33. The third-order valence-electron chi connectivity index (χ3n) is 2.90. The van der Waals surface area contributed by atoms with Gasteiger partial charge >= 0.3 is 0 Å². The number of aromatic nitrogens is 1. The smallest absolute Gasteiger partial charge is 0.250 e. The van der Waals surface area contributed by atoms with E-state index in [4.69, 9.17) is 11.6 Å². The first kappa shape index (κ1) is 15.1. The summed E-state index contributed by atoms with van der Waals surface area (Å²) in [6.07, 6.45) is 4.94. The highest BCUT2D eigenvalue weighted by Gasteiger charge is 2.10. The lowest BCUT2D eigenvalue weighted by atomic mass is 10.1. The summed E-state index contributed by atoms with van der Waals surface area (Å²) in [5.41, 5.74) is 0.755. The third-order valence-corrected chi connectivity index (χ3v) is 3.20. The van der Waals surface area contributed by atoms with E-state index in [9.17, 15) is 4.79 Å². The molecule has 0 saturated heterocycles. The van der Waals surface area contributed by atoms with Crippen LogP contribution in [0.5, 0.6) is 0 Å². The SMILES string of the molecule is CCCN(CCCC(C)C)c1cc(=O)[nH]cc1Cl. The van der Waals surface area contributed by atoms with Gasteiger partial charge in [-0.2, -0.15) is 0 Å². The minimum absolute atomic E-state index is 0.0978. The number of aromatic amines is 1. The van der Waals surface area contributed by atoms with Crippen LogP contribution in [0, 0.1) is 5.92 Å². The lowest BCUT2D eigenvalue weighted by Gasteiger charge is -2.25. The van der Waals surface area contributed by atoms with Gasteiger partial charge in [0, 0.05) is 25.4 Å². The van der Waals surface area contributed by atoms with Crippen molar-refractivity contribution in [1.82, 2.24) is 4.98 Å². The standard InChI is InChI=1S/C14H23ClN2O/c1-4-7-17(8-5-6-11(2)3)13-9-14(18)16-10-12(13)15/h9-11H,4-8H2,1-3H3,(H,16,18). The summed E-state index contributed by atoms with van der Waals surface area (Å²) in [5.74, 6) is 0.711. The van der Waals surface area contributed by atoms with Crippen molar-refractivity contribution < 1.29 is 0 Å². The van der Waals surface area contributed by atoms with Gasteiger partial charge in [0.25, 0.3) is 0 Å². The second-order valence-electron chi connectivity index (χ2n) is 5.05. The molecule has 0 unspecified atom stereocenters. The van der Waals surface area contributed by atoms with Crippen LogP contribution in [0.4, 0.5) is 5.69 Å². The van der Waals surface area contributed by atoms with Crippen LogP contribution in [-0.2, 0) is 0 Å². The Hall–Kier alpha value is -0.960. The molecule has 1 rings (SSSR count). The van der Waals surface area contributed by atoms with Crippen molar-refractivity contribution in [1.29, 1.82) is 0 Å². The van der Waals surface area contributed by atoms with Gasteiger partial charge in [-0.25, -0.2) is 0 Å². The summed E-state index contributed by atoms with van der Waals surface area (Å²) >= 11 is 6.16. The van der Waals surface area contributed by atoms with Crippen LogP contribution >= 0.6 is 11.6 Å². The molecule has 0 radical (unpaired) electrons. The first-order chi connectivity index (χ1) is 8.54. The van der Waals surface area contributed by atoms with Gasteiger partial charge in [0.05, 0.1) is 10.7 Å². The van der Waals surface area contributed by atoms with E-state index < -0.39 is 0 Å². The Morgan fingerprint density at radius 1 is 1.39 bits per heavy atom. The van der Waals surface area contributed by atoms with Crippen molar-refractivity contribution in [3.8, 4) is 0 Å². The summed E-state index contributed by atoms with van der Waals surface area (Å²) in [6, 6.07) is 1.59. The Labute approximate surface area is 114 Å². The fraction of sp³-hybridized carbons (Fsp3) is 0.643. The Morgan fingerprint density at radius 2 is 2.11 bits per heavy atom. The molecule has 3 nitrogen and oxygen atoms in total. The van der Waals surface area contributed by atoms with E-state index in [-0.39, 0.29) is 5.56 Å². The van der Waals surface area contributed by atoms with Crippen molar-refractivity contribution in [2.24, 2.45) is 5.92 Å². The minimum Gasteiger partial charge on any atom is -0.370 e. The topological polar surface area (TPSA) is 36.1 Å². The van der Waals surface area contributed by atoms with Crippen LogP contribution in [0.1, 0.15) is 40.0 Å². The first-order valence-corrected chi connectivity index (χ1v) is 7.05. The molecule has 0 aliphatic carbocycles. The quantitative estimate of drug-likeness (QED) is 0.820.